The first-order chi connectivity index (χ1) is 15.1. The fraction of sp³-hybridized carbons (Fsp3) is 0.417. The van der Waals surface area contributed by atoms with Crippen molar-refractivity contribution in [2.45, 2.75) is 46.7 Å². The van der Waals surface area contributed by atoms with Gasteiger partial charge < -0.3 is 10.2 Å². The molecule has 1 unspecified atom stereocenters. The lowest BCUT2D eigenvalue weighted by Gasteiger charge is -2.33. The van der Waals surface area contributed by atoms with Gasteiger partial charge in [0.2, 0.25) is 21.8 Å². The van der Waals surface area contributed by atoms with Crippen molar-refractivity contribution in [2.24, 2.45) is 0 Å². The molecular weight excluding hydrogens is 426 g/mol. The van der Waals surface area contributed by atoms with Gasteiger partial charge in [0.25, 0.3) is 0 Å². The number of hydrogen-bond donors (Lipinski definition) is 1. The highest BCUT2D eigenvalue weighted by atomic mass is 32.2. The summed E-state index contributed by atoms with van der Waals surface area (Å²) in [5.74, 6) is -0.685. The van der Waals surface area contributed by atoms with Gasteiger partial charge in [0.05, 0.1) is 11.9 Å². The van der Waals surface area contributed by atoms with Crippen LogP contribution in [-0.2, 0) is 26.2 Å². The summed E-state index contributed by atoms with van der Waals surface area (Å²) in [6.07, 6.45) is 1.50. The summed E-state index contributed by atoms with van der Waals surface area (Å²) < 4.78 is 26.5. The number of amides is 2. The molecular formula is C24H33N3O4S. The van der Waals surface area contributed by atoms with Crippen LogP contribution in [0.3, 0.4) is 0 Å². The Balaban J connectivity index is 2.45. The van der Waals surface area contributed by atoms with Gasteiger partial charge in [0.1, 0.15) is 12.6 Å². The summed E-state index contributed by atoms with van der Waals surface area (Å²) in [6.45, 7) is 7.65. The molecule has 0 heterocycles. The summed E-state index contributed by atoms with van der Waals surface area (Å²) in [6, 6.07) is 14.0. The van der Waals surface area contributed by atoms with Crippen LogP contribution in [0.1, 0.15) is 37.0 Å². The van der Waals surface area contributed by atoms with E-state index in [9.17, 15) is 18.0 Å². The van der Waals surface area contributed by atoms with Crippen LogP contribution < -0.4 is 9.62 Å². The third-order valence-electron chi connectivity index (χ3n) is 5.46. The van der Waals surface area contributed by atoms with Crippen LogP contribution in [0, 0.1) is 13.8 Å². The molecule has 0 radical (unpaired) electrons. The van der Waals surface area contributed by atoms with Crippen LogP contribution in [0.15, 0.2) is 48.5 Å². The zero-order chi connectivity index (χ0) is 23.9. The first-order valence-corrected chi connectivity index (χ1v) is 12.6. The molecule has 1 N–H and O–H groups in total. The van der Waals surface area contributed by atoms with E-state index in [0.717, 1.165) is 27.3 Å². The van der Waals surface area contributed by atoms with Crippen molar-refractivity contribution in [1.82, 2.24) is 10.2 Å². The van der Waals surface area contributed by atoms with Crippen LogP contribution in [0.2, 0.25) is 0 Å². The van der Waals surface area contributed by atoms with E-state index in [4.69, 9.17) is 0 Å². The predicted octanol–water partition coefficient (Wildman–Crippen LogP) is 3.01. The van der Waals surface area contributed by atoms with Gasteiger partial charge >= 0.3 is 0 Å². The molecule has 2 aromatic rings. The minimum atomic E-state index is -3.74. The maximum absolute atomic E-state index is 13.5. The standard InChI is InChI=1S/C24H33N3O4S/c1-6-21(24(29)25-7-2)26(16-20-13-9-8-10-14-20)23(28)17-27(32(5,30)31)22-15-11-12-18(3)19(22)4/h8-15,21H,6-7,16-17H2,1-5H3,(H,25,29). The zero-order valence-electron chi connectivity index (χ0n) is 19.5. The van der Waals surface area contributed by atoms with E-state index < -0.39 is 22.0 Å². The van der Waals surface area contributed by atoms with Gasteiger partial charge in [-0.1, -0.05) is 49.4 Å². The second kappa shape index (κ2) is 11.1. The molecule has 0 saturated heterocycles. The van der Waals surface area contributed by atoms with Crippen molar-refractivity contribution in [3.8, 4) is 0 Å². The lowest BCUT2D eigenvalue weighted by Crippen LogP contribution is -2.52. The van der Waals surface area contributed by atoms with Gasteiger partial charge in [-0.3, -0.25) is 13.9 Å². The average Bonchev–Trinajstić information content (AvgIpc) is 2.74. The monoisotopic (exact) mass is 459 g/mol. The highest BCUT2D eigenvalue weighted by Crippen LogP contribution is 2.25. The van der Waals surface area contributed by atoms with E-state index in [2.05, 4.69) is 5.32 Å². The molecule has 0 spiro atoms. The highest BCUT2D eigenvalue weighted by molar-refractivity contribution is 7.92. The van der Waals surface area contributed by atoms with Crippen LogP contribution in [0.25, 0.3) is 0 Å². The number of nitrogens with one attached hydrogen (secondary N) is 1. The molecule has 32 heavy (non-hydrogen) atoms. The Morgan fingerprint density at radius 1 is 1.00 bits per heavy atom. The van der Waals surface area contributed by atoms with Crippen molar-refractivity contribution in [1.29, 1.82) is 0 Å². The molecule has 0 bridgehead atoms. The minimum absolute atomic E-state index is 0.208. The highest BCUT2D eigenvalue weighted by Gasteiger charge is 2.31. The van der Waals surface area contributed by atoms with Gasteiger partial charge in [-0.2, -0.15) is 0 Å². The van der Waals surface area contributed by atoms with Crippen molar-refractivity contribution < 1.29 is 18.0 Å². The molecule has 0 aliphatic carbocycles. The molecule has 8 heteroatoms. The topological polar surface area (TPSA) is 86.8 Å². The third-order valence-corrected chi connectivity index (χ3v) is 6.58. The average molecular weight is 460 g/mol. The number of nitrogens with zero attached hydrogens (tertiary/aromatic N) is 2. The van der Waals surface area contributed by atoms with Crippen molar-refractivity contribution in [3.63, 3.8) is 0 Å². The van der Waals surface area contributed by atoms with E-state index in [-0.39, 0.29) is 19.0 Å². The molecule has 7 nitrogen and oxygen atoms in total. The number of likely N-dealkylation sites (N-methyl/N-ethyl adjacent to an activating group) is 1. The molecule has 174 valence electrons. The summed E-state index contributed by atoms with van der Waals surface area (Å²) in [7, 11) is -3.74. The number of rotatable bonds is 10. The SMILES string of the molecule is CCNC(=O)C(CC)N(Cc1ccccc1)C(=O)CN(c1cccc(C)c1C)S(C)(=O)=O. The van der Waals surface area contributed by atoms with Gasteiger partial charge in [0, 0.05) is 13.1 Å². The first kappa shape index (κ1) is 25.4. The normalized spacial score (nSPS) is 12.2. The molecule has 0 aliphatic rings. The fourth-order valence-electron chi connectivity index (χ4n) is 3.59. The number of anilines is 1. The maximum Gasteiger partial charge on any atom is 0.244 e. The Labute approximate surface area is 191 Å². The maximum atomic E-state index is 13.5. The van der Waals surface area contributed by atoms with Gasteiger partial charge in [-0.25, -0.2) is 8.42 Å². The number of carbonyl (C=O) groups is 2. The van der Waals surface area contributed by atoms with Crippen molar-refractivity contribution in [2.75, 3.05) is 23.7 Å². The van der Waals surface area contributed by atoms with Crippen molar-refractivity contribution in [3.05, 3.63) is 65.2 Å². The largest absolute Gasteiger partial charge is 0.355 e. The molecule has 0 aromatic heterocycles. The summed E-state index contributed by atoms with van der Waals surface area (Å²) >= 11 is 0. The van der Waals surface area contributed by atoms with E-state index in [1.165, 1.54) is 4.90 Å². The number of aryl methyl sites for hydroxylation is 1. The van der Waals surface area contributed by atoms with Crippen molar-refractivity contribution >= 4 is 27.5 Å². The molecule has 2 amide bonds. The number of benzene rings is 2. The van der Waals surface area contributed by atoms with Crippen LogP contribution in [0.5, 0.6) is 0 Å². The smallest absolute Gasteiger partial charge is 0.244 e. The Morgan fingerprint density at radius 3 is 2.22 bits per heavy atom. The predicted molar refractivity (Wildman–Crippen MR) is 128 cm³/mol. The van der Waals surface area contributed by atoms with E-state index in [1.807, 2.05) is 64.1 Å². The lowest BCUT2D eigenvalue weighted by atomic mass is 10.1. The Bertz CT molecular complexity index is 1040. The Hall–Kier alpha value is -2.87. The Morgan fingerprint density at radius 2 is 1.66 bits per heavy atom. The third kappa shape index (κ3) is 6.32. The second-order valence-electron chi connectivity index (χ2n) is 7.81. The number of sulfonamides is 1. The minimum Gasteiger partial charge on any atom is -0.355 e. The summed E-state index contributed by atoms with van der Waals surface area (Å²) in [5.41, 5.74) is 3.04. The van der Waals surface area contributed by atoms with E-state index in [1.54, 1.807) is 12.1 Å². The molecule has 1 atom stereocenters. The first-order valence-electron chi connectivity index (χ1n) is 10.7. The number of hydrogen-bond acceptors (Lipinski definition) is 4. The van der Waals surface area contributed by atoms with E-state index in [0.29, 0.717) is 18.7 Å². The second-order valence-corrected chi connectivity index (χ2v) is 9.72. The number of carbonyl (C=O) groups excluding carboxylic acids is 2. The summed E-state index contributed by atoms with van der Waals surface area (Å²) in [4.78, 5) is 27.7. The quantitative estimate of drug-likeness (QED) is 0.592. The van der Waals surface area contributed by atoms with Crippen LogP contribution in [0.4, 0.5) is 5.69 Å². The fourth-order valence-corrected chi connectivity index (χ4v) is 4.49. The molecule has 2 rings (SSSR count). The summed E-state index contributed by atoms with van der Waals surface area (Å²) in [5, 5.41) is 2.78. The van der Waals surface area contributed by atoms with E-state index >= 15 is 0 Å². The van der Waals surface area contributed by atoms with Crippen LogP contribution in [-0.4, -0.2) is 50.5 Å². The van der Waals surface area contributed by atoms with Gasteiger partial charge in [0.15, 0.2) is 0 Å². The molecule has 0 saturated carbocycles. The zero-order valence-corrected chi connectivity index (χ0v) is 20.3. The molecule has 2 aromatic carbocycles. The Kier molecular flexibility index (Phi) is 8.83. The molecule has 0 aliphatic heterocycles. The lowest BCUT2D eigenvalue weighted by molar-refractivity contribution is -0.140. The molecule has 0 fully saturated rings. The van der Waals surface area contributed by atoms with Crippen LogP contribution >= 0.6 is 0 Å². The van der Waals surface area contributed by atoms with Gasteiger partial charge in [-0.05, 0) is 49.9 Å². The van der Waals surface area contributed by atoms with Gasteiger partial charge in [-0.15, -0.1) is 0 Å².